The summed E-state index contributed by atoms with van der Waals surface area (Å²) in [7, 11) is 2.06. The van der Waals surface area contributed by atoms with Crippen molar-refractivity contribution in [2.45, 2.75) is 335 Å². The van der Waals surface area contributed by atoms with Gasteiger partial charge in [-0.15, -0.1) is 0 Å². The quantitative estimate of drug-likeness (QED) is 0.0470. The molecule has 0 aromatic heterocycles. The molecule has 0 fully saturated rings. The van der Waals surface area contributed by atoms with E-state index in [0.29, 0.717) is 0 Å². The maximum atomic E-state index is 4.64. The molecule has 2 N–H and O–H groups in total. The molecule has 404 valence electrons. The highest BCUT2D eigenvalue weighted by Crippen LogP contribution is 2.27. The molecule has 0 radical (unpaired) electrons. The van der Waals surface area contributed by atoms with Gasteiger partial charge in [-0.1, -0.05) is 289 Å². The second-order valence-electron chi connectivity index (χ2n) is 22.4. The minimum Gasteiger partial charge on any atom is -0.388 e. The standard InChI is InChI=1S/C65H129N3/c1-8-11-14-17-20-27-32-41-50-62(4)51-42-33-30-39-48-58-68(60-57-67-64(6)53-44-35-28-25-23-21-22-24-26-29-38-47-56-66-7)59-49-40-31-34-43-52-63(5)61-65(54-45-36-18-15-12-9-2)55-46-37-19-16-13-10-3/h65-67H,4-6,8-61H2,1-3,7H3. The predicted octanol–water partition coefficient (Wildman–Crippen LogP) is 21.5. The van der Waals surface area contributed by atoms with Crippen LogP contribution < -0.4 is 10.6 Å². The second kappa shape index (κ2) is 56.8. The maximum Gasteiger partial charge on any atom is 0.0271 e. The Labute approximate surface area is 431 Å². The average molecular weight is 953 g/mol. The summed E-state index contributed by atoms with van der Waals surface area (Å²) < 4.78 is 0. The van der Waals surface area contributed by atoms with Crippen LogP contribution >= 0.6 is 0 Å². The molecule has 0 saturated heterocycles. The number of hydrogen-bond donors (Lipinski definition) is 2. The Hall–Kier alpha value is -1.06. The van der Waals surface area contributed by atoms with Gasteiger partial charge in [0.05, 0.1) is 0 Å². The summed E-state index contributed by atoms with van der Waals surface area (Å²) in [5.74, 6) is 0.884. The van der Waals surface area contributed by atoms with Crippen LogP contribution in [0.3, 0.4) is 0 Å². The van der Waals surface area contributed by atoms with E-state index in [9.17, 15) is 0 Å². The van der Waals surface area contributed by atoms with E-state index < -0.39 is 0 Å². The first-order valence-corrected chi connectivity index (χ1v) is 31.6. The molecular formula is C65H129N3. The van der Waals surface area contributed by atoms with Gasteiger partial charge in [0.15, 0.2) is 0 Å². The molecule has 0 aromatic rings. The second-order valence-corrected chi connectivity index (χ2v) is 22.4. The molecule has 0 aliphatic carbocycles. The maximum absolute atomic E-state index is 4.64. The molecule has 0 spiro atoms. The summed E-state index contributed by atoms with van der Waals surface area (Å²) in [5.41, 5.74) is 4.33. The van der Waals surface area contributed by atoms with Crippen molar-refractivity contribution in [3.63, 3.8) is 0 Å². The van der Waals surface area contributed by atoms with Crippen LogP contribution in [0.2, 0.25) is 0 Å². The molecule has 0 unspecified atom stereocenters. The van der Waals surface area contributed by atoms with Crippen molar-refractivity contribution in [1.29, 1.82) is 0 Å². The SMILES string of the molecule is C=C(CCCCCCCCCC)CCCCCCCN(CCCCCCCC(=C)CC(CCCCCCCC)CCCCCCCC)CCNC(=C)CCCCCCCCCCCCCCNC. The zero-order valence-corrected chi connectivity index (χ0v) is 47.8. The van der Waals surface area contributed by atoms with Gasteiger partial charge in [-0.2, -0.15) is 0 Å². The van der Waals surface area contributed by atoms with Gasteiger partial charge >= 0.3 is 0 Å². The van der Waals surface area contributed by atoms with Crippen LogP contribution in [0.15, 0.2) is 36.6 Å². The number of nitrogens with one attached hydrogen (secondary N) is 2. The zero-order chi connectivity index (χ0) is 49.5. The molecule has 0 rings (SSSR count). The van der Waals surface area contributed by atoms with Gasteiger partial charge in [-0.3, -0.25) is 0 Å². The fourth-order valence-electron chi connectivity index (χ4n) is 10.6. The lowest BCUT2D eigenvalue weighted by atomic mass is 9.87. The van der Waals surface area contributed by atoms with Gasteiger partial charge in [0.1, 0.15) is 0 Å². The third kappa shape index (κ3) is 52.8. The van der Waals surface area contributed by atoms with Crippen LogP contribution in [-0.4, -0.2) is 44.7 Å². The van der Waals surface area contributed by atoms with Crippen LogP contribution in [-0.2, 0) is 0 Å². The van der Waals surface area contributed by atoms with Crippen LogP contribution in [0.5, 0.6) is 0 Å². The first-order valence-electron chi connectivity index (χ1n) is 31.6. The highest BCUT2D eigenvalue weighted by atomic mass is 15.1. The summed E-state index contributed by atoms with van der Waals surface area (Å²) in [6, 6.07) is 0. The van der Waals surface area contributed by atoms with Crippen molar-refractivity contribution in [1.82, 2.24) is 15.5 Å². The molecule has 0 aromatic carbocycles. The Morgan fingerprint density at radius 2 is 0.662 bits per heavy atom. The fraction of sp³-hybridized carbons (Fsp3) is 0.908. The summed E-state index contributed by atoms with van der Waals surface area (Å²) in [6.45, 7) is 26.4. The van der Waals surface area contributed by atoms with Gasteiger partial charge in [-0.05, 0) is 110 Å². The molecule has 0 bridgehead atoms. The smallest absolute Gasteiger partial charge is 0.0271 e. The molecule has 0 heterocycles. The number of nitrogens with zero attached hydrogens (tertiary/aromatic N) is 1. The topological polar surface area (TPSA) is 27.3 Å². The number of rotatable bonds is 60. The third-order valence-corrected chi connectivity index (χ3v) is 15.4. The van der Waals surface area contributed by atoms with Gasteiger partial charge in [0, 0.05) is 18.8 Å². The Bertz CT molecular complexity index is 1000. The molecule has 0 atom stereocenters. The van der Waals surface area contributed by atoms with Crippen molar-refractivity contribution >= 4 is 0 Å². The lowest BCUT2D eigenvalue weighted by Gasteiger charge is -2.23. The third-order valence-electron chi connectivity index (χ3n) is 15.4. The summed E-state index contributed by atoms with van der Waals surface area (Å²) in [4.78, 5) is 2.78. The van der Waals surface area contributed by atoms with Crippen LogP contribution in [0, 0.1) is 5.92 Å². The highest BCUT2D eigenvalue weighted by Gasteiger charge is 2.12. The highest BCUT2D eigenvalue weighted by molar-refractivity contribution is 4.96. The molecule has 3 heteroatoms. The summed E-state index contributed by atoms with van der Waals surface area (Å²) >= 11 is 0. The Balaban J connectivity index is 4.54. The van der Waals surface area contributed by atoms with Crippen molar-refractivity contribution in [3.8, 4) is 0 Å². The minimum absolute atomic E-state index is 0.884. The van der Waals surface area contributed by atoms with Crippen molar-refractivity contribution in [2.24, 2.45) is 5.92 Å². The normalized spacial score (nSPS) is 11.7. The van der Waals surface area contributed by atoms with Gasteiger partial charge < -0.3 is 15.5 Å². The zero-order valence-electron chi connectivity index (χ0n) is 47.8. The van der Waals surface area contributed by atoms with Gasteiger partial charge in [-0.25, -0.2) is 0 Å². The van der Waals surface area contributed by atoms with E-state index >= 15 is 0 Å². The van der Waals surface area contributed by atoms with Crippen molar-refractivity contribution < 1.29 is 0 Å². The number of unbranched alkanes of at least 4 members (excludes halogenated alkanes) is 36. The monoisotopic (exact) mass is 952 g/mol. The molecular weight excluding hydrogens is 823 g/mol. The molecule has 3 nitrogen and oxygen atoms in total. The van der Waals surface area contributed by atoms with Crippen LogP contribution in [0.4, 0.5) is 0 Å². The van der Waals surface area contributed by atoms with E-state index in [0.717, 1.165) is 25.4 Å². The molecule has 0 aliphatic rings. The average Bonchev–Trinajstić information content (AvgIpc) is 3.33. The van der Waals surface area contributed by atoms with E-state index in [4.69, 9.17) is 0 Å². The predicted molar refractivity (Wildman–Crippen MR) is 313 cm³/mol. The van der Waals surface area contributed by atoms with E-state index in [1.54, 1.807) is 5.57 Å². The van der Waals surface area contributed by atoms with Crippen LogP contribution in [0.1, 0.15) is 335 Å². The Morgan fingerprint density at radius 3 is 1.06 bits per heavy atom. The van der Waals surface area contributed by atoms with Crippen molar-refractivity contribution in [2.75, 3.05) is 39.8 Å². The van der Waals surface area contributed by atoms with E-state index in [-0.39, 0.29) is 0 Å². The molecule has 68 heavy (non-hydrogen) atoms. The lowest BCUT2D eigenvalue weighted by molar-refractivity contribution is 0.262. The number of allylic oxidation sites excluding steroid dienone is 3. The molecule has 0 amide bonds. The fourth-order valence-corrected chi connectivity index (χ4v) is 10.6. The first-order chi connectivity index (χ1) is 33.5. The van der Waals surface area contributed by atoms with Crippen LogP contribution in [0.25, 0.3) is 0 Å². The largest absolute Gasteiger partial charge is 0.388 e. The lowest BCUT2D eigenvalue weighted by Crippen LogP contribution is -2.33. The van der Waals surface area contributed by atoms with Crippen molar-refractivity contribution in [3.05, 3.63) is 36.6 Å². The van der Waals surface area contributed by atoms with E-state index in [2.05, 4.69) is 63.1 Å². The first kappa shape index (κ1) is 66.9. The van der Waals surface area contributed by atoms with Gasteiger partial charge in [0.25, 0.3) is 0 Å². The number of hydrogen-bond acceptors (Lipinski definition) is 3. The van der Waals surface area contributed by atoms with E-state index in [1.165, 1.54) is 339 Å². The summed E-state index contributed by atoms with van der Waals surface area (Å²) in [6.07, 6.45) is 67.9. The minimum atomic E-state index is 0.884. The summed E-state index contributed by atoms with van der Waals surface area (Å²) in [5, 5.41) is 7.01. The Kier molecular flexibility index (Phi) is 56.0. The van der Waals surface area contributed by atoms with Gasteiger partial charge in [0.2, 0.25) is 0 Å². The molecule has 0 saturated carbocycles. The molecule has 0 aliphatic heterocycles. The Morgan fingerprint density at radius 1 is 0.338 bits per heavy atom. The van der Waals surface area contributed by atoms with E-state index in [1.807, 2.05) is 0 Å².